The van der Waals surface area contributed by atoms with E-state index >= 15 is 0 Å². The Kier molecular flexibility index (Phi) is 5.48. The number of hydrogen-bond acceptors (Lipinski definition) is 3. The minimum Gasteiger partial charge on any atom is -0.351 e. The number of halogens is 3. The maximum absolute atomic E-state index is 5.78. The molecular formula is C12H13Cl3O2S. The summed E-state index contributed by atoms with van der Waals surface area (Å²) in [6.45, 7) is 1.14. The molecule has 2 atom stereocenters. The molecule has 0 radical (unpaired) electrons. The van der Waals surface area contributed by atoms with Crippen molar-refractivity contribution in [3.63, 3.8) is 0 Å². The van der Waals surface area contributed by atoms with Gasteiger partial charge in [-0.25, -0.2) is 0 Å². The second-order valence-corrected chi connectivity index (χ2v) is 8.33. The van der Waals surface area contributed by atoms with E-state index < -0.39 is 3.12 Å². The molecule has 1 aliphatic heterocycles. The quantitative estimate of drug-likeness (QED) is 0.765. The van der Waals surface area contributed by atoms with Gasteiger partial charge in [-0.3, -0.25) is 0 Å². The molecule has 0 aromatic heterocycles. The molecule has 2 unspecified atom stereocenters. The molecule has 0 spiro atoms. The van der Waals surface area contributed by atoms with Crippen LogP contribution in [0.25, 0.3) is 0 Å². The summed E-state index contributed by atoms with van der Waals surface area (Å²) in [6, 6.07) is 9.93. The molecule has 0 N–H and O–H groups in total. The zero-order chi connectivity index (χ0) is 13.0. The SMILES string of the molecule is ClC(Cl)(Cl)SC1CCOC1OCc1ccccc1. The first kappa shape index (κ1) is 14.8. The van der Waals surface area contributed by atoms with Gasteiger partial charge in [0.15, 0.2) is 6.29 Å². The van der Waals surface area contributed by atoms with Crippen LogP contribution in [0.3, 0.4) is 0 Å². The predicted octanol–water partition coefficient (Wildman–Crippen LogP) is 4.38. The van der Waals surface area contributed by atoms with E-state index in [1.807, 2.05) is 30.3 Å². The van der Waals surface area contributed by atoms with Gasteiger partial charge in [-0.05, 0) is 12.0 Å². The lowest BCUT2D eigenvalue weighted by atomic mass is 10.2. The highest BCUT2D eigenvalue weighted by Gasteiger charge is 2.36. The molecule has 100 valence electrons. The maximum atomic E-state index is 5.78. The molecule has 0 amide bonds. The fourth-order valence-corrected chi connectivity index (χ4v) is 3.59. The van der Waals surface area contributed by atoms with Crippen LogP contribution in [0.4, 0.5) is 0 Å². The number of hydrogen-bond donors (Lipinski definition) is 0. The average molecular weight is 328 g/mol. The zero-order valence-corrected chi connectivity index (χ0v) is 12.6. The van der Waals surface area contributed by atoms with Crippen LogP contribution in [0.5, 0.6) is 0 Å². The molecule has 1 aromatic rings. The van der Waals surface area contributed by atoms with E-state index in [4.69, 9.17) is 44.3 Å². The van der Waals surface area contributed by atoms with Crippen LogP contribution in [0.15, 0.2) is 30.3 Å². The van der Waals surface area contributed by atoms with Gasteiger partial charge in [0, 0.05) is 0 Å². The Bertz CT molecular complexity index is 369. The summed E-state index contributed by atoms with van der Waals surface area (Å²) in [7, 11) is 0. The van der Waals surface area contributed by atoms with Crippen molar-refractivity contribution >= 4 is 46.6 Å². The van der Waals surface area contributed by atoms with Crippen LogP contribution >= 0.6 is 46.6 Å². The standard InChI is InChI=1S/C12H13Cl3O2S/c13-12(14,15)18-10-6-7-16-11(10)17-8-9-4-2-1-3-5-9/h1-5,10-11H,6-8H2. The third-order valence-corrected chi connectivity index (χ3v) is 4.36. The number of ether oxygens (including phenoxy) is 2. The second-order valence-electron chi connectivity index (χ2n) is 3.93. The number of thioether (sulfide) groups is 1. The average Bonchev–Trinajstić information content (AvgIpc) is 2.73. The van der Waals surface area contributed by atoms with Crippen molar-refractivity contribution in [1.82, 2.24) is 0 Å². The van der Waals surface area contributed by atoms with E-state index in [0.29, 0.717) is 13.2 Å². The van der Waals surface area contributed by atoms with Crippen LogP contribution < -0.4 is 0 Å². The van der Waals surface area contributed by atoms with Gasteiger partial charge < -0.3 is 9.47 Å². The van der Waals surface area contributed by atoms with Crippen molar-refractivity contribution in [1.29, 1.82) is 0 Å². The van der Waals surface area contributed by atoms with E-state index in [1.165, 1.54) is 11.8 Å². The Morgan fingerprint density at radius 2 is 2.00 bits per heavy atom. The summed E-state index contributed by atoms with van der Waals surface area (Å²) in [4.78, 5) is 0. The van der Waals surface area contributed by atoms with E-state index in [-0.39, 0.29) is 11.5 Å². The van der Waals surface area contributed by atoms with Crippen molar-refractivity contribution < 1.29 is 9.47 Å². The molecule has 0 bridgehead atoms. The highest BCUT2D eigenvalue weighted by atomic mass is 35.6. The Balaban J connectivity index is 1.85. The lowest BCUT2D eigenvalue weighted by Gasteiger charge is -2.21. The van der Waals surface area contributed by atoms with E-state index in [1.54, 1.807) is 0 Å². The van der Waals surface area contributed by atoms with Crippen LogP contribution in [-0.2, 0) is 16.1 Å². The van der Waals surface area contributed by atoms with Crippen LogP contribution in [-0.4, -0.2) is 21.3 Å². The van der Waals surface area contributed by atoms with Gasteiger partial charge in [-0.1, -0.05) is 76.9 Å². The van der Waals surface area contributed by atoms with Gasteiger partial charge in [0.25, 0.3) is 0 Å². The summed E-state index contributed by atoms with van der Waals surface area (Å²) in [5.41, 5.74) is 1.10. The van der Waals surface area contributed by atoms with E-state index in [9.17, 15) is 0 Å². The lowest BCUT2D eigenvalue weighted by Crippen LogP contribution is -2.24. The topological polar surface area (TPSA) is 18.5 Å². The maximum Gasteiger partial charge on any atom is 0.237 e. The third-order valence-electron chi connectivity index (χ3n) is 2.53. The molecule has 1 heterocycles. The Morgan fingerprint density at radius 3 is 2.67 bits per heavy atom. The number of rotatable bonds is 4. The Labute approximate surface area is 126 Å². The smallest absolute Gasteiger partial charge is 0.237 e. The molecule has 1 saturated heterocycles. The van der Waals surface area contributed by atoms with Gasteiger partial charge in [0.1, 0.15) is 0 Å². The highest BCUT2D eigenvalue weighted by molar-refractivity contribution is 8.05. The number of alkyl halides is 3. The van der Waals surface area contributed by atoms with Gasteiger partial charge in [-0.15, -0.1) is 0 Å². The first-order chi connectivity index (χ1) is 8.54. The van der Waals surface area contributed by atoms with E-state index in [2.05, 4.69) is 0 Å². The van der Waals surface area contributed by atoms with Gasteiger partial charge in [0.05, 0.1) is 18.5 Å². The second kappa shape index (κ2) is 6.69. The minimum atomic E-state index is -1.33. The zero-order valence-electron chi connectivity index (χ0n) is 9.52. The largest absolute Gasteiger partial charge is 0.351 e. The summed E-state index contributed by atoms with van der Waals surface area (Å²) >= 11 is 18.6. The molecule has 18 heavy (non-hydrogen) atoms. The van der Waals surface area contributed by atoms with E-state index in [0.717, 1.165) is 12.0 Å². The monoisotopic (exact) mass is 326 g/mol. The lowest BCUT2D eigenvalue weighted by molar-refractivity contribution is -0.116. The first-order valence-corrected chi connectivity index (χ1v) is 7.57. The van der Waals surface area contributed by atoms with Crippen molar-refractivity contribution in [2.24, 2.45) is 0 Å². The fraction of sp³-hybridized carbons (Fsp3) is 0.500. The summed E-state index contributed by atoms with van der Waals surface area (Å²) < 4.78 is 9.92. The van der Waals surface area contributed by atoms with Gasteiger partial charge in [0.2, 0.25) is 3.12 Å². The van der Waals surface area contributed by atoms with Crippen molar-refractivity contribution in [3.05, 3.63) is 35.9 Å². The molecule has 6 heteroatoms. The first-order valence-electron chi connectivity index (χ1n) is 5.56. The summed E-state index contributed by atoms with van der Waals surface area (Å²) in [5.74, 6) is 0. The molecule has 0 aliphatic carbocycles. The molecular weight excluding hydrogens is 315 g/mol. The third kappa shape index (κ3) is 4.80. The summed E-state index contributed by atoms with van der Waals surface area (Å²) in [6.07, 6.45) is 0.517. The molecule has 2 nitrogen and oxygen atoms in total. The molecule has 1 aliphatic rings. The molecule has 1 fully saturated rings. The highest BCUT2D eigenvalue weighted by Crippen LogP contribution is 2.45. The Hall–Kier alpha value is 0.360. The minimum absolute atomic E-state index is 0.0567. The number of benzene rings is 1. The predicted molar refractivity (Wildman–Crippen MR) is 77.3 cm³/mol. The van der Waals surface area contributed by atoms with Gasteiger partial charge >= 0.3 is 0 Å². The molecule has 1 aromatic carbocycles. The summed E-state index contributed by atoms with van der Waals surface area (Å²) in [5, 5.41) is 0.0567. The molecule has 0 saturated carbocycles. The van der Waals surface area contributed by atoms with Crippen LogP contribution in [0.1, 0.15) is 12.0 Å². The van der Waals surface area contributed by atoms with Crippen LogP contribution in [0, 0.1) is 0 Å². The van der Waals surface area contributed by atoms with Crippen molar-refractivity contribution in [3.8, 4) is 0 Å². The molecule has 2 rings (SSSR count). The van der Waals surface area contributed by atoms with Crippen molar-refractivity contribution in [2.75, 3.05) is 6.61 Å². The normalized spacial score (nSPS) is 24.4. The van der Waals surface area contributed by atoms with Gasteiger partial charge in [-0.2, -0.15) is 0 Å². The van der Waals surface area contributed by atoms with Crippen LogP contribution in [0.2, 0.25) is 0 Å². The fourth-order valence-electron chi connectivity index (χ4n) is 1.74. The van der Waals surface area contributed by atoms with Crippen molar-refractivity contribution in [2.45, 2.75) is 27.7 Å². The Morgan fingerprint density at radius 1 is 1.28 bits per heavy atom.